The Kier molecular flexibility index (Phi) is 4.67. The molecule has 1 atom stereocenters. The Balaban J connectivity index is 1.51. The molecule has 0 unspecified atom stereocenters. The Morgan fingerprint density at radius 1 is 1.18 bits per heavy atom. The molecule has 0 aromatic heterocycles. The van der Waals surface area contributed by atoms with Gasteiger partial charge >= 0.3 is 0 Å². The molecule has 2 aliphatic rings. The average molecular weight is 302 g/mol. The first-order valence-corrected chi connectivity index (χ1v) is 8.37. The molecule has 1 amide bonds. The highest BCUT2D eigenvalue weighted by molar-refractivity contribution is 5.79. The summed E-state index contributed by atoms with van der Waals surface area (Å²) in [5.41, 5.74) is 2.55. The summed E-state index contributed by atoms with van der Waals surface area (Å²) in [7, 11) is 0. The molecule has 1 aromatic rings. The first-order valence-electron chi connectivity index (χ1n) is 8.37. The topological polar surface area (TPSA) is 41.6 Å². The molecule has 0 spiro atoms. The quantitative estimate of drug-likeness (QED) is 0.931. The maximum atomic E-state index is 12.4. The maximum absolute atomic E-state index is 12.4. The second-order valence-corrected chi connectivity index (χ2v) is 6.58. The van der Waals surface area contributed by atoms with E-state index in [0.717, 1.165) is 51.2 Å². The molecular weight excluding hydrogens is 276 g/mol. The molecule has 1 N–H and O–H groups in total. The Morgan fingerprint density at radius 3 is 2.59 bits per heavy atom. The lowest BCUT2D eigenvalue weighted by Crippen LogP contribution is -2.44. The van der Waals surface area contributed by atoms with Crippen LogP contribution in [0.2, 0.25) is 0 Å². The first-order chi connectivity index (χ1) is 10.6. The predicted molar refractivity (Wildman–Crippen MR) is 87.1 cm³/mol. The van der Waals surface area contributed by atoms with Crippen LogP contribution in [0.3, 0.4) is 0 Å². The number of amides is 1. The van der Waals surface area contributed by atoms with Crippen molar-refractivity contribution in [3.8, 4) is 5.75 Å². The number of nitrogens with one attached hydrogen (secondary N) is 1. The highest BCUT2D eigenvalue weighted by Gasteiger charge is 2.30. The van der Waals surface area contributed by atoms with Crippen LogP contribution in [0, 0.1) is 19.8 Å². The number of piperidine rings is 1. The van der Waals surface area contributed by atoms with Crippen LogP contribution in [0.4, 0.5) is 0 Å². The van der Waals surface area contributed by atoms with Gasteiger partial charge in [0.25, 0.3) is 0 Å². The smallest absolute Gasteiger partial charge is 0.227 e. The van der Waals surface area contributed by atoms with Crippen molar-refractivity contribution in [3.05, 3.63) is 29.3 Å². The monoisotopic (exact) mass is 302 g/mol. The number of aryl methyl sites for hydroxylation is 2. The third-order valence-corrected chi connectivity index (χ3v) is 4.94. The largest absolute Gasteiger partial charge is 0.490 e. The second-order valence-electron chi connectivity index (χ2n) is 6.58. The van der Waals surface area contributed by atoms with Crippen LogP contribution in [-0.4, -0.2) is 43.1 Å². The molecule has 0 saturated carbocycles. The Labute approximate surface area is 132 Å². The summed E-state index contributed by atoms with van der Waals surface area (Å²) in [5.74, 6) is 1.47. The standard InChI is InChI=1S/C18H26N2O2/c1-13-3-4-17(11-14(13)2)22-16-6-9-20(10-7-16)18(21)15-5-8-19-12-15/h3-4,11,15-16,19H,5-10,12H2,1-2H3/t15-/m0/s1. The molecule has 2 saturated heterocycles. The minimum absolute atomic E-state index is 0.192. The average Bonchev–Trinajstić information content (AvgIpc) is 3.05. The van der Waals surface area contributed by atoms with Crippen LogP contribution in [0.15, 0.2) is 18.2 Å². The Hall–Kier alpha value is -1.55. The number of carbonyl (C=O) groups is 1. The number of nitrogens with zero attached hydrogens (tertiary/aromatic N) is 1. The van der Waals surface area contributed by atoms with Crippen LogP contribution in [0.5, 0.6) is 5.75 Å². The van der Waals surface area contributed by atoms with Crippen LogP contribution in [0.25, 0.3) is 0 Å². The summed E-state index contributed by atoms with van der Waals surface area (Å²) < 4.78 is 6.09. The molecule has 4 nitrogen and oxygen atoms in total. The van der Waals surface area contributed by atoms with Crippen molar-refractivity contribution in [3.63, 3.8) is 0 Å². The lowest BCUT2D eigenvalue weighted by Gasteiger charge is -2.33. The SMILES string of the molecule is Cc1ccc(OC2CCN(C(=O)[C@H]3CCNC3)CC2)cc1C. The zero-order valence-electron chi connectivity index (χ0n) is 13.6. The summed E-state index contributed by atoms with van der Waals surface area (Å²) >= 11 is 0. The zero-order valence-corrected chi connectivity index (χ0v) is 13.6. The van der Waals surface area contributed by atoms with E-state index in [0.29, 0.717) is 5.91 Å². The molecule has 0 radical (unpaired) electrons. The van der Waals surface area contributed by atoms with E-state index in [1.54, 1.807) is 0 Å². The molecule has 2 fully saturated rings. The van der Waals surface area contributed by atoms with Gasteiger partial charge in [0, 0.05) is 32.5 Å². The summed E-state index contributed by atoms with van der Waals surface area (Å²) in [4.78, 5) is 14.4. The van der Waals surface area contributed by atoms with Crippen molar-refractivity contribution in [2.75, 3.05) is 26.2 Å². The number of carbonyl (C=O) groups excluding carboxylic acids is 1. The summed E-state index contributed by atoms with van der Waals surface area (Å²) in [6, 6.07) is 6.26. The molecule has 120 valence electrons. The van der Waals surface area contributed by atoms with Crippen LogP contribution < -0.4 is 10.1 Å². The van der Waals surface area contributed by atoms with E-state index in [9.17, 15) is 4.79 Å². The number of benzene rings is 1. The number of hydrogen-bond acceptors (Lipinski definition) is 3. The fraction of sp³-hybridized carbons (Fsp3) is 0.611. The molecule has 0 bridgehead atoms. The van der Waals surface area contributed by atoms with Crippen molar-refractivity contribution in [1.29, 1.82) is 0 Å². The second kappa shape index (κ2) is 6.69. The predicted octanol–water partition coefficient (Wildman–Crippen LogP) is 2.28. The van der Waals surface area contributed by atoms with Crippen molar-refractivity contribution in [1.82, 2.24) is 10.2 Å². The maximum Gasteiger partial charge on any atom is 0.227 e. The van der Waals surface area contributed by atoms with E-state index in [4.69, 9.17) is 4.74 Å². The van der Waals surface area contributed by atoms with Gasteiger partial charge < -0.3 is 15.0 Å². The number of rotatable bonds is 3. The molecular formula is C18H26N2O2. The third kappa shape index (κ3) is 3.43. The van der Waals surface area contributed by atoms with Crippen molar-refractivity contribution < 1.29 is 9.53 Å². The van der Waals surface area contributed by atoms with Crippen LogP contribution in [0.1, 0.15) is 30.4 Å². The minimum atomic E-state index is 0.192. The lowest BCUT2D eigenvalue weighted by atomic mass is 10.0. The van der Waals surface area contributed by atoms with E-state index < -0.39 is 0 Å². The molecule has 1 aromatic carbocycles. The van der Waals surface area contributed by atoms with Gasteiger partial charge in [0.15, 0.2) is 0 Å². The summed E-state index contributed by atoms with van der Waals surface area (Å²) in [6.45, 7) is 7.69. The van der Waals surface area contributed by atoms with Crippen molar-refractivity contribution in [2.24, 2.45) is 5.92 Å². The molecule has 2 heterocycles. The van der Waals surface area contributed by atoms with Gasteiger partial charge in [-0.15, -0.1) is 0 Å². The number of ether oxygens (including phenoxy) is 1. The molecule has 4 heteroatoms. The number of hydrogen-bond donors (Lipinski definition) is 1. The van der Waals surface area contributed by atoms with Crippen LogP contribution in [-0.2, 0) is 4.79 Å². The third-order valence-electron chi connectivity index (χ3n) is 4.94. The lowest BCUT2D eigenvalue weighted by molar-refractivity contribution is -0.136. The highest BCUT2D eigenvalue weighted by atomic mass is 16.5. The highest BCUT2D eigenvalue weighted by Crippen LogP contribution is 2.23. The van der Waals surface area contributed by atoms with E-state index >= 15 is 0 Å². The van der Waals surface area contributed by atoms with Crippen LogP contribution >= 0.6 is 0 Å². The normalized spacial score (nSPS) is 22.8. The van der Waals surface area contributed by atoms with Gasteiger partial charge in [0.05, 0.1) is 5.92 Å². The number of likely N-dealkylation sites (tertiary alicyclic amines) is 1. The van der Waals surface area contributed by atoms with Gasteiger partial charge in [-0.05, 0) is 50.1 Å². The minimum Gasteiger partial charge on any atom is -0.490 e. The van der Waals surface area contributed by atoms with Crippen molar-refractivity contribution >= 4 is 5.91 Å². The fourth-order valence-corrected chi connectivity index (χ4v) is 3.30. The fourth-order valence-electron chi connectivity index (χ4n) is 3.30. The molecule has 2 aliphatic heterocycles. The van der Waals surface area contributed by atoms with E-state index in [-0.39, 0.29) is 12.0 Å². The van der Waals surface area contributed by atoms with E-state index in [1.165, 1.54) is 11.1 Å². The van der Waals surface area contributed by atoms with Gasteiger partial charge in [0.1, 0.15) is 11.9 Å². The van der Waals surface area contributed by atoms with Gasteiger partial charge in [-0.2, -0.15) is 0 Å². The van der Waals surface area contributed by atoms with Gasteiger partial charge in [-0.25, -0.2) is 0 Å². The molecule has 3 rings (SSSR count). The van der Waals surface area contributed by atoms with Gasteiger partial charge in [-0.3, -0.25) is 4.79 Å². The molecule has 0 aliphatic carbocycles. The first kappa shape index (κ1) is 15.3. The van der Waals surface area contributed by atoms with Gasteiger partial charge in [-0.1, -0.05) is 6.07 Å². The van der Waals surface area contributed by atoms with Gasteiger partial charge in [0.2, 0.25) is 5.91 Å². The zero-order chi connectivity index (χ0) is 15.5. The van der Waals surface area contributed by atoms with Crippen molar-refractivity contribution in [2.45, 2.75) is 39.2 Å². The molecule has 22 heavy (non-hydrogen) atoms. The summed E-state index contributed by atoms with van der Waals surface area (Å²) in [6.07, 6.45) is 3.07. The Morgan fingerprint density at radius 2 is 1.95 bits per heavy atom. The Bertz CT molecular complexity index is 530. The summed E-state index contributed by atoms with van der Waals surface area (Å²) in [5, 5.41) is 3.27. The van der Waals surface area contributed by atoms with E-state index in [1.807, 2.05) is 11.0 Å². The van der Waals surface area contributed by atoms with E-state index in [2.05, 4.69) is 31.3 Å².